The van der Waals surface area contributed by atoms with Crippen molar-refractivity contribution in [2.45, 2.75) is 57.1 Å². The predicted octanol–water partition coefficient (Wildman–Crippen LogP) is 2.09. The molecule has 0 bridgehead atoms. The van der Waals surface area contributed by atoms with Crippen LogP contribution in [-0.4, -0.2) is 67.5 Å². The summed E-state index contributed by atoms with van der Waals surface area (Å²) in [5.74, 6) is 6.76. The van der Waals surface area contributed by atoms with Gasteiger partial charge in [-0.1, -0.05) is 25.7 Å². The third-order valence-electron chi connectivity index (χ3n) is 5.85. The number of carbonyl (C=O) groups excluding carboxylic acids is 1. The summed E-state index contributed by atoms with van der Waals surface area (Å²) < 4.78 is 34.4. The summed E-state index contributed by atoms with van der Waals surface area (Å²) in [4.78, 5) is 13.8. The summed E-state index contributed by atoms with van der Waals surface area (Å²) >= 11 is 0. The van der Waals surface area contributed by atoms with Crippen LogP contribution >= 0.6 is 0 Å². The number of benzene rings is 1. The number of aliphatic hydroxyl groups is 1. The number of rotatable bonds is 5. The van der Waals surface area contributed by atoms with Gasteiger partial charge in [0, 0.05) is 43.5 Å². The Labute approximate surface area is 185 Å². The topological polar surface area (TPSA) is 87.2 Å². The minimum atomic E-state index is -3.88. The van der Waals surface area contributed by atoms with Gasteiger partial charge in [-0.3, -0.25) is 4.79 Å². The smallest absolute Gasteiger partial charge is 0.247 e. The predicted molar refractivity (Wildman–Crippen MR) is 118 cm³/mol. The lowest BCUT2D eigenvalue weighted by molar-refractivity contribution is -0.131. The molecule has 1 fully saturated rings. The van der Waals surface area contributed by atoms with E-state index in [0.717, 1.165) is 12.8 Å². The molecule has 0 unspecified atom stereocenters. The van der Waals surface area contributed by atoms with E-state index in [1.54, 1.807) is 37.9 Å². The number of likely N-dealkylation sites (N-methyl/N-ethyl adjacent to an activating group) is 1. The Morgan fingerprint density at radius 3 is 2.71 bits per heavy atom. The molecule has 1 N–H and O–H groups in total. The monoisotopic (exact) mass is 448 g/mol. The van der Waals surface area contributed by atoms with Crippen LogP contribution in [0, 0.1) is 23.7 Å². The molecule has 1 amide bonds. The average molecular weight is 449 g/mol. The molecule has 31 heavy (non-hydrogen) atoms. The zero-order valence-corrected chi connectivity index (χ0v) is 19.5. The molecule has 3 atom stereocenters. The molecule has 1 aromatic carbocycles. The van der Waals surface area contributed by atoms with E-state index in [1.165, 1.54) is 10.4 Å². The number of hydrogen-bond acceptors (Lipinski definition) is 5. The zero-order chi connectivity index (χ0) is 22.8. The normalized spacial score (nSPS) is 23.9. The first-order valence-corrected chi connectivity index (χ1v) is 12.3. The van der Waals surface area contributed by atoms with Crippen LogP contribution in [0.3, 0.4) is 0 Å². The van der Waals surface area contributed by atoms with E-state index in [-0.39, 0.29) is 35.6 Å². The highest BCUT2D eigenvalue weighted by molar-refractivity contribution is 7.89. The molecule has 3 rings (SSSR count). The largest absolute Gasteiger partial charge is 0.487 e. The number of hydrogen-bond donors (Lipinski definition) is 1. The average Bonchev–Trinajstić information content (AvgIpc) is 3.57. The molecular formula is C23H32N2O5S. The number of fused-ring (bicyclic) bond motifs is 1. The van der Waals surface area contributed by atoms with E-state index in [1.807, 2.05) is 6.92 Å². The maximum absolute atomic E-state index is 13.4. The van der Waals surface area contributed by atoms with E-state index < -0.39 is 22.2 Å². The van der Waals surface area contributed by atoms with Gasteiger partial charge in [0.1, 0.15) is 16.7 Å². The van der Waals surface area contributed by atoms with Crippen LogP contribution in [0.2, 0.25) is 0 Å². The summed E-state index contributed by atoms with van der Waals surface area (Å²) in [6.07, 6.45) is 2.19. The highest BCUT2D eigenvalue weighted by Gasteiger charge is 2.38. The Balaban J connectivity index is 2.04. The second-order valence-corrected chi connectivity index (χ2v) is 10.4. The van der Waals surface area contributed by atoms with E-state index >= 15 is 0 Å². The first kappa shape index (κ1) is 23.6. The van der Waals surface area contributed by atoms with E-state index in [0.29, 0.717) is 24.4 Å². The van der Waals surface area contributed by atoms with E-state index in [9.17, 15) is 18.3 Å². The maximum atomic E-state index is 13.4. The number of nitrogens with zero attached hydrogens (tertiary/aromatic N) is 2. The molecule has 1 aliphatic heterocycles. The third-order valence-corrected chi connectivity index (χ3v) is 7.87. The highest BCUT2D eigenvalue weighted by Crippen LogP contribution is 2.34. The quantitative estimate of drug-likeness (QED) is 0.697. The Bertz CT molecular complexity index is 977. The Hall–Kier alpha value is -2.08. The molecule has 0 radical (unpaired) electrons. The van der Waals surface area contributed by atoms with E-state index in [2.05, 4.69) is 11.8 Å². The van der Waals surface area contributed by atoms with Gasteiger partial charge in [0.05, 0.1) is 13.2 Å². The second kappa shape index (κ2) is 9.60. The first-order chi connectivity index (χ1) is 14.7. The minimum Gasteiger partial charge on any atom is -0.487 e. The van der Waals surface area contributed by atoms with Gasteiger partial charge in [-0.25, -0.2) is 8.42 Å². The molecule has 0 spiro atoms. The molecule has 0 saturated heterocycles. The van der Waals surface area contributed by atoms with Crippen LogP contribution in [0.4, 0.5) is 0 Å². The van der Waals surface area contributed by atoms with Gasteiger partial charge in [-0.2, -0.15) is 4.31 Å². The lowest BCUT2D eigenvalue weighted by Gasteiger charge is -2.37. The van der Waals surface area contributed by atoms with Crippen molar-refractivity contribution in [3.05, 3.63) is 23.8 Å². The highest BCUT2D eigenvalue weighted by atomic mass is 32.2. The van der Waals surface area contributed by atoms with Gasteiger partial charge in [-0.15, -0.1) is 0 Å². The zero-order valence-electron chi connectivity index (χ0n) is 18.7. The molecule has 0 aromatic heterocycles. The van der Waals surface area contributed by atoms with Crippen molar-refractivity contribution >= 4 is 15.9 Å². The number of amides is 1. The molecule has 1 aliphatic carbocycles. The number of ether oxygens (including phenoxy) is 1. The third kappa shape index (κ3) is 5.40. The molecule has 170 valence electrons. The molecule has 1 aromatic rings. The van der Waals surface area contributed by atoms with Crippen LogP contribution in [0.25, 0.3) is 0 Å². The first-order valence-electron chi connectivity index (χ1n) is 10.9. The molecule has 2 aliphatic rings. The number of aliphatic hydroxyl groups excluding tert-OH is 1. The fourth-order valence-corrected chi connectivity index (χ4v) is 5.40. The van der Waals surface area contributed by atoms with Gasteiger partial charge in [0.15, 0.2) is 0 Å². The molecule has 7 nitrogen and oxygen atoms in total. The molecule has 1 heterocycles. The molecular weight excluding hydrogens is 416 g/mol. The summed E-state index contributed by atoms with van der Waals surface area (Å²) in [5, 5.41) is 9.70. The van der Waals surface area contributed by atoms with Crippen molar-refractivity contribution in [3.63, 3.8) is 0 Å². The van der Waals surface area contributed by atoms with Crippen molar-refractivity contribution < 1.29 is 23.1 Å². The van der Waals surface area contributed by atoms with Gasteiger partial charge >= 0.3 is 0 Å². The number of sulfonamides is 1. The summed E-state index contributed by atoms with van der Waals surface area (Å²) in [6, 6.07) is 4.33. The van der Waals surface area contributed by atoms with Crippen molar-refractivity contribution in [2.24, 2.45) is 11.8 Å². The van der Waals surface area contributed by atoms with Gasteiger partial charge in [0.2, 0.25) is 15.9 Å². The van der Waals surface area contributed by atoms with Gasteiger partial charge < -0.3 is 14.7 Å². The van der Waals surface area contributed by atoms with Crippen molar-refractivity contribution in [3.8, 4) is 17.6 Å². The maximum Gasteiger partial charge on any atom is 0.247 e. The summed E-state index contributed by atoms with van der Waals surface area (Å²) in [5.41, 5.74) is 0.701. The standard InChI is InChI=1S/C23H32N2O5S/c1-5-23(27)24(4)14-21-16(2)13-25(17(3)15-26)31(28,29)22-11-10-19(12-20(22)30-21)9-8-18-6-7-18/h10-12,16-18,21,26H,5-7,13-15H2,1-4H3/t16-,17+,21-/m0/s1. The minimum absolute atomic E-state index is 0.00432. The van der Waals surface area contributed by atoms with Crippen molar-refractivity contribution in [2.75, 3.05) is 26.7 Å². The van der Waals surface area contributed by atoms with E-state index in [4.69, 9.17) is 4.74 Å². The molecule has 1 saturated carbocycles. The van der Waals surface area contributed by atoms with Crippen LogP contribution in [0.1, 0.15) is 45.6 Å². The van der Waals surface area contributed by atoms with Crippen molar-refractivity contribution in [1.29, 1.82) is 0 Å². The fraction of sp³-hybridized carbons (Fsp3) is 0.609. The number of carbonyl (C=O) groups is 1. The Morgan fingerprint density at radius 2 is 2.10 bits per heavy atom. The van der Waals surface area contributed by atoms with Gasteiger partial charge in [0.25, 0.3) is 0 Å². The fourth-order valence-electron chi connectivity index (χ4n) is 3.58. The SMILES string of the molecule is CCC(=O)N(C)C[C@@H]1Oc2cc(C#CC3CC3)ccc2S(=O)(=O)N([C@H](C)CO)C[C@@H]1C. The van der Waals surface area contributed by atoms with Crippen molar-refractivity contribution in [1.82, 2.24) is 9.21 Å². The van der Waals surface area contributed by atoms with Crippen LogP contribution in [0.15, 0.2) is 23.1 Å². The van der Waals surface area contributed by atoms with Crippen LogP contribution in [0.5, 0.6) is 5.75 Å². The lowest BCUT2D eigenvalue weighted by Crippen LogP contribution is -2.50. The summed E-state index contributed by atoms with van der Waals surface area (Å²) in [6.45, 7) is 5.63. The molecule has 8 heteroatoms. The summed E-state index contributed by atoms with van der Waals surface area (Å²) in [7, 11) is -2.15. The van der Waals surface area contributed by atoms with Gasteiger partial charge in [-0.05, 0) is 38.0 Å². The lowest BCUT2D eigenvalue weighted by atomic mass is 10.0. The second-order valence-electron chi connectivity index (χ2n) is 8.57. The Kier molecular flexibility index (Phi) is 7.30. The van der Waals surface area contributed by atoms with Crippen LogP contribution in [-0.2, 0) is 14.8 Å². The van der Waals surface area contributed by atoms with Crippen LogP contribution < -0.4 is 4.74 Å². The Morgan fingerprint density at radius 1 is 1.39 bits per heavy atom.